The van der Waals surface area contributed by atoms with Gasteiger partial charge in [-0.1, -0.05) is 12.8 Å². The Morgan fingerprint density at radius 3 is 2.79 bits per heavy atom. The van der Waals surface area contributed by atoms with E-state index < -0.39 is 0 Å². The first-order valence-corrected chi connectivity index (χ1v) is 7.75. The highest BCUT2D eigenvalue weighted by atomic mass is 32.1. The number of nitrogens with zero attached hydrogens (tertiary/aromatic N) is 2. The molecular weight excluding hydrogens is 256 g/mol. The Kier molecular flexibility index (Phi) is 2.36. The Hall–Kier alpha value is -1.55. The van der Waals surface area contributed by atoms with Gasteiger partial charge in [-0.15, -0.1) is 11.3 Å². The second kappa shape index (κ2) is 3.97. The van der Waals surface area contributed by atoms with Gasteiger partial charge in [-0.05, 0) is 43.3 Å². The number of thiophene rings is 1. The first-order chi connectivity index (χ1) is 9.27. The normalized spacial score (nSPS) is 16.9. The van der Waals surface area contributed by atoms with Crippen molar-refractivity contribution in [2.45, 2.75) is 38.6 Å². The number of rotatable bonds is 1. The lowest BCUT2D eigenvalue weighted by Gasteiger charge is -2.16. The number of hydrogen-bond acceptors (Lipinski definition) is 2. The molecule has 0 atom stereocenters. The van der Waals surface area contributed by atoms with Crippen LogP contribution in [0.2, 0.25) is 0 Å². The fraction of sp³-hybridized carbons (Fsp3) is 0.400. The van der Waals surface area contributed by atoms with E-state index in [4.69, 9.17) is 0 Å². The van der Waals surface area contributed by atoms with Crippen molar-refractivity contribution in [3.8, 4) is 0 Å². The van der Waals surface area contributed by atoms with Gasteiger partial charge in [0.2, 0.25) is 0 Å². The van der Waals surface area contributed by atoms with Gasteiger partial charge < -0.3 is 0 Å². The van der Waals surface area contributed by atoms with Crippen molar-refractivity contribution in [3.05, 3.63) is 39.6 Å². The van der Waals surface area contributed by atoms with Gasteiger partial charge in [-0.25, -0.2) is 0 Å². The third-order valence-corrected chi connectivity index (χ3v) is 5.18. The highest BCUT2D eigenvalue weighted by Crippen LogP contribution is 2.31. The number of hydrogen-bond donors (Lipinski definition) is 0. The monoisotopic (exact) mass is 272 g/mol. The summed E-state index contributed by atoms with van der Waals surface area (Å²) in [5, 5.41) is 2.02. The maximum absolute atomic E-state index is 12.8. The Morgan fingerprint density at radius 2 is 2.00 bits per heavy atom. The zero-order chi connectivity index (χ0) is 13.0. The fourth-order valence-electron chi connectivity index (χ4n) is 3.39. The predicted octanol–water partition coefficient (Wildman–Crippen LogP) is 3.74. The molecule has 19 heavy (non-hydrogen) atoms. The molecule has 0 saturated heterocycles. The lowest BCUT2D eigenvalue weighted by molar-refractivity contribution is 0.516. The molecule has 0 aromatic carbocycles. The smallest absolute Gasteiger partial charge is 0.271 e. The SMILES string of the molecule is Cc1ccc2n(C3CCCC3)c(=O)c3sccc3n12. The van der Waals surface area contributed by atoms with Gasteiger partial charge >= 0.3 is 0 Å². The van der Waals surface area contributed by atoms with Crippen molar-refractivity contribution in [2.75, 3.05) is 0 Å². The van der Waals surface area contributed by atoms with Crippen LogP contribution >= 0.6 is 11.3 Å². The van der Waals surface area contributed by atoms with Crippen molar-refractivity contribution in [1.82, 2.24) is 8.97 Å². The molecule has 0 aliphatic heterocycles. The third-order valence-electron chi connectivity index (χ3n) is 4.29. The van der Waals surface area contributed by atoms with E-state index in [9.17, 15) is 4.79 Å². The molecule has 3 aromatic heterocycles. The molecule has 0 amide bonds. The molecule has 4 rings (SSSR count). The quantitative estimate of drug-likeness (QED) is 0.663. The van der Waals surface area contributed by atoms with Crippen LogP contribution in [-0.2, 0) is 0 Å². The van der Waals surface area contributed by atoms with Crippen LogP contribution in [-0.4, -0.2) is 8.97 Å². The molecule has 0 radical (unpaired) electrons. The maximum Gasteiger partial charge on any atom is 0.271 e. The van der Waals surface area contributed by atoms with E-state index in [1.165, 1.54) is 18.5 Å². The largest absolute Gasteiger partial charge is 0.299 e. The van der Waals surface area contributed by atoms with Crippen molar-refractivity contribution < 1.29 is 0 Å². The van der Waals surface area contributed by atoms with Crippen molar-refractivity contribution in [2.24, 2.45) is 0 Å². The van der Waals surface area contributed by atoms with E-state index in [-0.39, 0.29) is 5.56 Å². The molecule has 3 aromatic rings. The number of aryl methyl sites for hydroxylation is 1. The van der Waals surface area contributed by atoms with Crippen LogP contribution in [0.15, 0.2) is 28.4 Å². The first-order valence-electron chi connectivity index (χ1n) is 6.87. The fourth-order valence-corrected chi connectivity index (χ4v) is 4.21. The third kappa shape index (κ3) is 1.46. The average molecular weight is 272 g/mol. The molecule has 1 saturated carbocycles. The number of aromatic nitrogens is 2. The summed E-state index contributed by atoms with van der Waals surface area (Å²) >= 11 is 1.56. The second-order valence-corrected chi connectivity index (χ2v) is 6.33. The highest BCUT2D eigenvalue weighted by Gasteiger charge is 2.22. The van der Waals surface area contributed by atoms with Crippen LogP contribution in [0.1, 0.15) is 37.4 Å². The minimum Gasteiger partial charge on any atom is -0.299 e. The zero-order valence-corrected chi connectivity index (χ0v) is 11.7. The van der Waals surface area contributed by atoms with E-state index in [2.05, 4.69) is 29.5 Å². The van der Waals surface area contributed by atoms with Crippen LogP contribution in [0.25, 0.3) is 15.9 Å². The van der Waals surface area contributed by atoms with Gasteiger partial charge in [0.1, 0.15) is 10.3 Å². The Bertz CT molecular complexity index is 818. The van der Waals surface area contributed by atoms with Crippen molar-refractivity contribution in [1.29, 1.82) is 0 Å². The van der Waals surface area contributed by atoms with Gasteiger partial charge in [0.25, 0.3) is 5.56 Å². The molecule has 1 aliphatic rings. The molecular formula is C15H16N2OS. The maximum atomic E-state index is 12.8. The molecule has 0 N–H and O–H groups in total. The summed E-state index contributed by atoms with van der Waals surface area (Å²) < 4.78 is 5.16. The second-order valence-electron chi connectivity index (χ2n) is 5.42. The van der Waals surface area contributed by atoms with E-state index in [1.807, 2.05) is 9.95 Å². The minimum atomic E-state index is 0.197. The Balaban J connectivity index is 2.19. The zero-order valence-electron chi connectivity index (χ0n) is 10.9. The van der Waals surface area contributed by atoms with Crippen molar-refractivity contribution >= 4 is 27.2 Å². The van der Waals surface area contributed by atoms with E-state index >= 15 is 0 Å². The summed E-state index contributed by atoms with van der Waals surface area (Å²) in [6.07, 6.45) is 4.75. The van der Waals surface area contributed by atoms with Crippen LogP contribution in [0.5, 0.6) is 0 Å². The van der Waals surface area contributed by atoms with Gasteiger partial charge in [-0.3, -0.25) is 13.8 Å². The van der Waals surface area contributed by atoms with Gasteiger partial charge in [0.15, 0.2) is 0 Å². The summed E-state index contributed by atoms with van der Waals surface area (Å²) in [4.78, 5) is 12.8. The van der Waals surface area contributed by atoms with E-state index in [0.717, 1.165) is 28.7 Å². The van der Waals surface area contributed by atoms with Crippen LogP contribution in [0.4, 0.5) is 0 Å². The van der Waals surface area contributed by atoms with Crippen molar-refractivity contribution in [3.63, 3.8) is 0 Å². The van der Waals surface area contributed by atoms with Crippen LogP contribution < -0.4 is 5.56 Å². The summed E-state index contributed by atoms with van der Waals surface area (Å²) in [5.41, 5.74) is 3.51. The summed E-state index contributed by atoms with van der Waals surface area (Å²) in [7, 11) is 0. The van der Waals surface area contributed by atoms with E-state index in [1.54, 1.807) is 11.3 Å². The van der Waals surface area contributed by atoms with Crippen LogP contribution in [0.3, 0.4) is 0 Å². The lowest BCUT2D eigenvalue weighted by Crippen LogP contribution is -2.25. The van der Waals surface area contributed by atoms with Gasteiger partial charge in [0.05, 0.1) is 5.52 Å². The van der Waals surface area contributed by atoms with E-state index in [0.29, 0.717) is 6.04 Å². The molecule has 4 heteroatoms. The highest BCUT2D eigenvalue weighted by molar-refractivity contribution is 7.17. The summed E-state index contributed by atoms with van der Waals surface area (Å²) in [5.74, 6) is 0. The van der Waals surface area contributed by atoms with Gasteiger partial charge in [0, 0.05) is 11.7 Å². The molecule has 0 bridgehead atoms. The molecule has 3 nitrogen and oxygen atoms in total. The molecule has 1 fully saturated rings. The molecule has 0 spiro atoms. The topological polar surface area (TPSA) is 26.4 Å². The first kappa shape index (κ1) is 11.3. The van der Waals surface area contributed by atoms with Crippen LogP contribution in [0, 0.1) is 6.92 Å². The Labute approximate surface area is 115 Å². The van der Waals surface area contributed by atoms with Gasteiger partial charge in [-0.2, -0.15) is 0 Å². The predicted molar refractivity (Wildman–Crippen MR) is 79.3 cm³/mol. The number of fused-ring (bicyclic) bond motifs is 3. The standard InChI is InChI=1S/C15H16N2OS/c1-10-6-7-13-16(10)12-8-9-19-14(12)15(18)17(13)11-4-2-3-5-11/h6-9,11H,2-5H2,1H3. The lowest BCUT2D eigenvalue weighted by atomic mass is 10.2. The molecule has 98 valence electrons. The average Bonchev–Trinajstić information content (AvgIpc) is 3.09. The molecule has 3 heterocycles. The Morgan fingerprint density at radius 1 is 1.21 bits per heavy atom. The summed E-state index contributed by atoms with van der Waals surface area (Å²) in [6, 6.07) is 6.64. The summed E-state index contributed by atoms with van der Waals surface area (Å²) in [6.45, 7) is 2.10. The molecule has 1 aliphatic carbocycles. The molecule has 0 unspecified atom stereocenters. The minimum absolute atomic E-state index is 0.197.